The number of ether oxygens (including phenoxy) is 2. The molecule has 0 unspecified atom stereocenters. The van der Waals surface area contributed by atoms with Gasteiger partial charge in [0, 0.05) is 63.5 Å². The molecule has 0 radical (unpaired) electrons. The van der Waals surface area contributed by atoms with Gasteiger partial charge in [0.25, 0.3) is 0 Å². The van der Waals surface area contributed by atoms with Gasteiger partial charge >= 0.3 is 0 Å². The van der Waals surface area contributed by atoms with Crippen LogP contribution in [0.25, 0.3) is 0 Å². The van der Waals surface area contributed by atoms with Crippen LogP contribution in [0.5, 0.6) is 11.5 Å². The summed E-state index contributed by atoms with van der Waals surface area (Å²) in [5.41, 5.74) is 5.10. The number of benzene rings is 2. The summed E-state index contributed by atoms with van der Waals surface area (Å²) >= 11 is 12.4. The van der Waals surface area contributed by atoms with E-state index < -0.39 is 5.92 Å². The van der Waals surface area contributed by atoms with E-state index in [0.717, 1.165) is 59.5 Å². The molecule has 0 amide bonds. The van der Waals surface area contributed by atoms with Crippen molar-refractivity contribution in [2.24, 2.45) is 10.8 Å². The van der Waals surface area contributed by atoms with E-state index in [2.05, 4.69) is 39.5 Å². The number of halogens is 2. The molecule has 1 heterocycles. The fourth-order valence-corrected chi connectivity index (χ4v) is 7.11. The van der Waals surface area contributed by atoms with Crippen molar-refractivity contribution < 1.29 is 19.1 Å². The maximum atomic E-state index is 13.9. The van der Waals surface area contributed by atoms with Crippen LogP contribution in [0.1, 0.15) is 83.8 Å². The van der Waals surface area contributed by atoms with Crippen LogP contribution < -0.4 is 9.47 Å². The fraction of sp³-hybridized carbons (Fsp3) is 0.471. The molecule has 218 valence electrons. The second-order valence-corrected chi connectivity index (χ2v) is 14.0. The lowest BCUT2D eigenvalue weighted by atomic mass is 9.63. The highest BCUT2D eigenvalue weighted by molar-refractivity contribution is 6.35. The maximum Gasteiger partial charge on any atom is 0.162 e. The number of Topliss-reactive ketones (excluding diaryl/α,β-unsaturated/α-hetero) is 2. The van der Waals surface area contributed by atoms with E-state index >= 15 is 0 Å². The summed E-state index contributed by atoms with van der Waals surface area (Å²) in [6.45, 7) is 11.8. The van der Waals surface area contributed by atoms with Crippen molar-refractivity contribution in [2.45, 2.75) is 79.2 Å². The summed E-state index contributed by atoms with van der Waals surface area (Å²) in [5, 5.41) is 1.10. The lowest BCUT2D eigenvalue weighted by Crippen LogP contribution is -2.44. The van der Waals surface area contributed by atoms with Crippen LogP contribution in [0.3, 0.4) is 0 Å². The summed E-state index contributed by atoms with van der Waals surface area (Å²) in [5.74, 6) is 0.932. The second kappa shape index (κ2) is 11.1. The number of nitrogens with zero attached hydrogens (tertiary/aromatic N) is 1. The Morgan fingerprint density at radius 1 is 0.854 bits per heavy atom. The smallest absolute Gasteiger partial charge is 0.162 e. The van der Waals surface area contributed by atoms with Crippen LogP contribution in [0.2, 0.25) is 10.0 Å². The van der Waals surface area contributed by atoms with Gasteiger partial charge in [0.1, 0.15) is 6.61 Å². The van der Waals surface area contributed by atoms with E-state index in [1.807, 2.05) is 24.3 Å². The largest absolute Gasteiger partial charge is 0.493 e. The first-order chi connectivity index (χ1) is 19.3. The Hall–Kier alpha value is -2.76. The number of allylic oxidation sites excluding steroid dienone is 4. The number of ketones is 2. The normalized spacial score (nSPS) is 20.2. The van der Waals surface area contributed by atoms with Crippen molar-refractivity contribution in [1.29, 1.82) is 0 Å². The maximum absolute atomic E-state index is 13.9. The molecular weight excluding hydrogens is 557 g/mol. The molecule has 5 nitrogen and oxygen atoms in total. The Bertz CT molecular complexity index is 1420. The van der Waals surface area contributed by atoms with Gasteiger partial charge in [-0.15, -0.1) is 0 Å². The van der Waals surface area contributed by atoms with Gasteiger partial charge in [-0.05, 0) is 59.9 Å². The van der Waals surface area contributed by atoms with Crippen LogP contribution in [0, 0.1) is 10.8 Å². The summed E-state index contributed by atoms with van der Waals surface area (Å²) in [6.07, 6.45) is 3.46. The minimum atomic E-state index is -0.422. The Morgan fingerprint density at radius 3 is 2.00 bits per heavy atom. The quantitative estimate of drug-likeness (QED) is 0.320. The average Bonchev–Trinajstić information content (AvgIpc) is 2.87. The van der Waals surface area contributed by atoms with Crippen LogP contribution in [0.4, 0.5) is 0 Å². The minimum Gasteiger partial charge on any atom is -0.493 e. The fourth-order valence-electron chi connectivity index (χ4n) is 6.65. The van der Waals surface area contributed by atoms with Gasteiger partial charge in [-0.3, -0.25) is 9.59 Å². The molecule has 0 fully saturated rings. The number of carbonyl (C=O) groups is 2. The van der Waals surface area contributed by atoms with E-state index in [0.29, 0.717) is 34.4 Å². The summed E-state index contributed by atoms with van der Waals surface area (Å²) in [7, 11) is 1.60. The van der Waals surface area contributed by atoms with E-state index in [4.69, 9.17) is 32.7 Å². The molecule has 2 aromatic rings. The summed E-state index contributed by atoms with van der Waals surface area (Å²) in [6, 6.07) is 11.1. The average molecular weight is 597 g/mol. The van der Waals surface area contributed by atoms with Crippen LogP contribution >= 0.6 is 23.2 Å². The van der Waals surface area contributed by atoms with E-state index in [1.165, 1.54) is 0 Å². The first-order valence-electron chi connectivity index (χ1n) is 14.4. The van der Waals surface area contributed by atoms with Crippen LogP contribution in [0.15, 0.2) is 58.9 Å². The lowest BCUT2D eigenvalue weighted by molar-refractivity contribution is -0.119. The predicted molar refractivity (Wildman–Crippen MR) is 164 cm³/mol. The third kappa shape index (κ3) is 5.81. The molecule has 0 N–H and O–H groups in total. The third-order valence-electron chi connectivity index (χ3n) is 8.39. The number of hydrogen-bond acceptors (Lipinski definition) is 5. The van der Waals surface area contributed by atoms with Crippen molar-refractivity contribution in [3.8, 4) is 11.5 Å². The van der Waals surface area contributed by atoms with Crippen molar-refractivity contribution in [3.05, 3.63) is 80.1 Å². The molecule has 1 aliphatic heterocycles. The van der Waals surface area contributed by atoms with Gasteiger partial charge in [-0.25, -0.2) is 0 Å². The third-order valence-corrected chi connectivity index (χ3v) is 8.98. The highest BCUT2D eigenvalue weighted by atomic mass is 35.5. The molecule has 0 bridgehead atoms. The molecule has 7 heteroatoms. The monoisotopic (exact) mass is 595 g/mol. The van der Waals surface area contributed by atoms with E-state index in [-0.39, 0.29) is 29.0 Å². The molecule has 0 saturated carbocycles. The summed E-state index contributed by atoms with van der Waals surface area (Å²) in [4.78, 5) is 30.2. The Labute approximate surface area is 253 Å². The molecule has 0 spiro atoms. The van der Waals surface area contributed by atoms with E-state index in [9.17, 15) is 9.59 Å². The molecular formula is C34H39Cl2NO4. The topological polar surface area (TPSA) is 55.8 Å². The highest BCUT2D eigenvalue weighted by Gasteiger charge is 2.48. The summed E-state index contributed by atoms with van der Waals surface area (Å²) < 4.78 is 11.9. The molecule has 2 aromatic carbocycles. The lowest BCUT2D eigenvalue weighted by Gasteiger charge is -2.49. The highest BCUT2D eigenvalue weighted by Crippen LogP contribution is 2.55. The van der Waals surface area contributed by atoms with Gasteiger partial charge in [0.05, 0.1) is 7.11 Å². The zero-order valence-corrected chi connectivity index (χ0v) is 26.3. The Morgan fingerprint density at radius 2 is 1.46 bits per heavy atom. The molecule has 41 heavy (non-hydrogen) atoms. The van der Waals surface area contributed by atoms with Crippen molar-refractivity contribution in [1.82, 2.24) is 4.90 Å². The van der Waals surface area contributed by atoms with Gasteiger partial charge in [0.15, 0.2) is 23.1 Å². The second-order valence-electron chi connectivity index (χ2n) is 13.1. The van der Waals surface area contributed by atoms with Crippen molar-refractivity contribution >= 4 is 34.8 Å². The number of hydrogen-bond donors (Lipinski definition) is 0. The zero-order chi connectivity index (χ0) is 29.7. The van der Waals surface area contributed by atoms with Crippen LogP contribution in [-0.4, -0.2) is 30.1 Å². The predicted octanol–water partition coefficient (Wildman–Crippen LogP) is 8.68. The first-order valence-corrected chi connectivity index (χ1v) is 15.1. The molecule has 2 aliphatic carbocycles. The molecule has 0 atom stereocenters. The number of methoxy groups -OCH3 is 1. The van der Waals surface area contributed by atoms with Gasteiger partial charge in [0.2, 0.25) is 0 Å². The van der Waals surface area contributed by atoms with Gasteiger partial charge < -0.3 is 14.4 Å². The molecule has 3 aliphatic rings. The van der Waals surface area contributed by atoms with Crippen molar-refractivity contribution in [3.63, 3.8) is 0 Å². The first kappa shape index (κ1) is 29.7. The number of carbonyl (C=O) groups excluding carboxylic acids is 2. The minimum absolute atomic E-state index is 0.128. The number of rotatable bonds is 7. The van der Waals surface area contributed by atoms with Crippen LogP contribution in [-0.2, 0) is 16.2 Å². The molecule has 0 saturated heterocycles. The standard InChI is InChI=1S/C34H39Cl2NO4/c1-7-12-37-24-15-33(2,3)17-26(38)31(24)30(32-25(37)16-34(4,5)18-27(32)39)20-9-11-28(29(13-20)40-6)41-19-21-8-10-22(35)14-23(21)36/h8-11,13-14,30H,7,12,15-19H2,1-6H3. The van der Waals surface area contributed by atoms with E-state index in [1.54, 1.807) is 19.2 Å². The SMILES string of the molecule is CCCN1C2=C(C(=O)CC(C)(C)C2)C(c2ccc(OCc3ccc(Cl)cc3Cl)c(OC)c2)C2=C1CC(C)(C)CC2=O. The Kier molecular flexibility index (Phi) is 8.08. The van der Waals surface area contributed by atoms with Crippen molar-refractivity contribution in [2.75, 3.05) is 13.7 Å². The molecule has 5 rings (SSSR count). The van der Waals surface area contributed by atoms with Gasteiger partial charge in [-0.2, -0.15) is 0 Å². The van der Waals surface area contributed by atoms with Gasteiger partial charge in [-0.1, -0.05) is 70.0 Å². The Balaban J connectivity index is 1.61. The zero-order valence-electron chi connectivity index (χ0n) is 24.8. The molecule has 0 aromatic heterocycles.